The topological polar surface area (TPSA) is 59.2 Å². The van der Waals surface area contributed by atoms with Gasteiger partial charge in [0.05, 0.1) is 5.92 Å². The molecule has 6 heteroatoms. The van der Waals surface area contributed by atoms with E-state index in [-0.39, 0.29) is 11.8 Å². The first-order chi connectivity index (χ1) is 14.7. The van der Waals surface area contributed by atoms with Crippen LogP contribution in [-0.4, -0.2) is 34.0 Å². The molecule has 5 nitrogen and oxygen atoms in total. The third-order valence-corrected chi connectivity index (χ3v) is 6.60. The van der Waals surface area contributed by atoms with Crippen LogP contribution >= 0.6 is 11.6 Å². The highest BCUT2D eigenvalue weighted by Gasteiger charge is 2.31. The minimum atomic E-state index is 0.0899. The second-order valence-corrected chi connectivity index (χ2v) is 8.72. The molecule has 1 saturated heterocycles. The Morgan fingerprint density at radius 1 is 1.13 bits per heavy atom. The Kier molecular flexibility index (Phi) is 5.30. The van der Waals surface area contributed by atoms with Crippen LogP contribution in [0.1, 0.15) is 54.5 Å². The van der Waals surface area contributed by atoms with Crippen molar-refractivity contribution in [3.63, 3.8) is 0 Å². The molecule has 154 valence electrons. The predicted octanol–water partition coefficient (Wildman–Crippen LogP) is 5.22. The van der Waals surface area contributed by atoms with Gasteiger partial charge in [0, 0.05) is 30.1 Å². The number of hydrogen-bond acceptors (Lipinski definition) is 4. The molecule has 0 N–H and O–H groups in total. The van der Waals surface area contributed by atoms with Crippen LogP contribution in [0.3, 0.4) is 0 Å². The molecule has 1 amide bonds. The minimum Gasteiger partial charge on any atom is -0.342 e. The molecule has 1 aromatic heterocycles. The van der Waals surface area contributed by atoms with Crippen molar-refractivity contribution in [2.45, 2.75) is 43.9 Å². The zero-order valence-electron chi connectivity index (χ0n) is 16.8. The molecular weight excluding hydrogens is 398 g/mol. The van der Waals surface area contributed by atoms with E-state index in [4.69, 9.17) is 16.1 Å². The van der Waals surface area contributed by atoms with E-state index >= 15 is 0 Å². The summed E-state index contributed by atoms with van der Waals surface area (Å²) in [4.78, 5) is 19.6. The first-order valence-corrected chi connectivity index (χ1v) is 11.0. The van der Waals surface area contributed by atoms with Gasteiger partial charge in [0.2, 0.25) is 17.6 Å². The number of carbonyl (C=O) groups is 1. The van der Waals surface area contributed by atoms with Crippen molar-refractivity contribution in [2.24, 2.45) is 0 Å². The summed E-state index contributed by atoms with van der Waals surface area (Å²) in [7, 11) is 0. The number of hydrogen-bond donors (Lipinski definition) is 0. The lowest BCUT2D eigenvalue weighted by molar-refractivity contribution is -0.132. The normalized spacial score (nSPS) is 20.9. The van der Waals surface area contributed by atoms with Crippen molar-refractivity contribution in [1.29, 1.82) is 0 Å². The van der Waals surface area contributed by atoms with Gasteiger partial charge in [-0.25, -0.2) is 0 Å². The molecule has 2 heterocycles. The molecule has 1 aliphatic heterocycles. The molecule has 2 unspecified atom stereocenters. The molecule has 0 bridgehead atoms. The summed E-state index contributed by atoms with van der Waals surface area (Å²) in [6.45, 7) is 1.46. The number of rotatable bonds is 4. The maximum absolute atomic E-state index is 13.0. The number of halogens is 1. The molecule has 5 rings (SSSR count). The first kappa shape index (κ1) is 19.3. The molecule has 30 heavy (non-hydrogen) atoms. The largest absolute Gasteiger partial charge is 0.342 e. The highest BCUT2D eigenvalue weighted by Crippen LogP contribution is 2.36. The summed E-state index contributed by atoms with van der Waals surface area (Å²) >= 11 is 5.96. The molecular formula is C24H24ClN3O2. The average Bonchev–Trinajstić information content (AvgIpc) is 3.42. The van der Waals surface area contributed by atoms with Crippen molar-refractivity contribution in [3.05, 3.63) is 70.6 Å². The Bertz CT molecular complexity index is 1050. The van der Waals surface area contributed by atoms with Crippen molar-refractivity contribution in [2.75, 3.05) is 13.1 Å². The van der Waals surface area contributed by atoms with Gasteiger partial charge in [-0.3, -0.25) is 4.79 Å². The Balaban J connectivity index is 1.25. The highest BCUT2D eigenvalue weighted by atomic mass is 35.5. The Hall–Kier alpha value is -2.66. The van der Waals surface area contributed by atoms with Crippen LogP contribution in [0.4, 0.5) is 0 Å². The van der Waals surface area contributed by atoms with Gasteiger partial charge in [0.1, 0.15) is 0 Å². The van der Waals surface area contributed by atoms with Crippen molar-refractivity contribution in [3.8, 4) is 11.4 Å². The Morgan fingerprint density at radius 3 is 2.83 bits per heavy atom. The first-order valence-electron chi connectivity index (χ1n) is 10.6. The quantitative estimate of drug-likeness (QED) is 0.579. The second kappa shape index (κ2) is 8.23. The van der Waals surface area contributed by atoms with E-state index in [0.717, 1.165) is 37.8 Å². The highest BCUT2D eigenvalue weighted by molar-refractivity contribution is 6.30. The van der Waals surface area contributed by atoms with E-state index in [1.807, 2.05) is 29.2 Å². The van der Waals surface area contributed by atoms with Crippen LogP contribution in [0.5, 0.6) is 0 Å². The van der Waals surface area contributed by atoms with Crippen molar-refractivity contribution < 1.29 is 9.32 Å². The van der Waals surface area contributed by atoms with Crippen LogP contribution in [0.25, 0.3) is 11.4 Å². The van der Waals surface area contributed by atoms with Crippen molar-refractivity contribution in [1.82, 2.24) is 15.0 Å². The zero-order chi connectivity index (χ0) is 20.5. The molecule has 0 saturated carbocycles. The van der Waals surface area contributed by atoms with Gasteiger partial charge in [0.15, 0.2) is 0 Å². The van der Waals surface area contributed by atoms with E-state index in [1.165, 1.54) is 11.1 Å². The molecule has 1 fully saturated rings. The molecule has 3 aromatic rings. The smallest absolute Gasteiger partial charge is 0.231 e. The molecule has 0 radical (unpaired) electrons. The lowest BCUT2D eigenvalue weighted by atomic mass is 9.94. The molecule has 1 aliphatic carbocycles. The summed E-state index contributed by atoms with van der Waals surface area (Å²) < 4.78 is 5.56. The SMILES string of the molecule is O=C(CC1CCc2ccccc21)N1CCCC(c2nc(-c3ccc(Cl)cc3)no2)C1. The van der Waals surface area contributed by atoms with Gasteiger partial charge in [-0.2, -0.15) is 4.98 Å². The maximum Gasteiger partial charge on any atom is 0.231 e. The van der Waals surface area contributed by atoms with Crippen LogP contribution in [0, 0.1) is 0 Å². The number of benzene rings is 2. The predicted molar refractivity (Wildman–Crippen MR) is 115 cm³/mol. The van der Waals surface area contributed by atoms with E-state index in [1.54, 1.807) is 0 Å². The monoisotopic (exact) mass is 421 g/mol. The summed E-state index contributed by atoms with van der Waals surface area (Å²) in [5.41, 5.74) is 3.62. The van der Waals surface area contributed by atoms with Crippen LogP contribution < -0.4 is 0 Å². The lowest BCUT2D eigenvalue weighted by Crippen LogP contribution is -2.39. The van der Waals surface area contributed by atoms with E-state index in [2.05, 4.69) is 34.4 Å². The van der Waals surface area contributed by atoms with Gasteiger partial charge in [-0.1, -0.05) is 41.0 Å². The third-order valence-electron chi connectivity index (χ3n) is 6.35. The summed E-state index contributed by atoms with van der Waals surface area (Å²) in [6, 6.07) is 15.9. The van der Waals surface area contributed by atoms with E-state index in [9.17, 15) is 4.79 Å². The summed E-state index contributed by atoms with van der Waals surface area (Å²) in [5.74, 6) is 1.84. The number of aromatic nitrogens is 2. The third kappa shape index (κ3) is 3.86. The maximum atomic E-state index is 13.0. The second-order valence-electron chi connectivity index (χ2n) is 8.28. The molecule has 2 aromatic carbocycles. The van der Waals surface area contributed by atoms with Gasteiger partial charge in [-0.15, -0.1) is 0 Å². The standard InChI is InChI=1S/C24H24ClN3O2/c25-20-11-9-17(10-12-20)23-26-24(30-27-23)19-5-3-13-28(15-19)22(29)14-18-8-7-16-4-1-2-6-21(16)18/h1-2,4,6,9-12,18-19H,3,5,7-8,13-15H2. The van der Waals surface area contributed by atoms with E-state index in [0.29, 0.717) is 35.6 Å². The fourth-order valence-electron chi connectivity index (χ4n) is 4.72. The fourth-order valence-corrected chi connectivity index (χ4v) is 4.85. The van der Waals surface area contributed by atoms with Gasteiger partial charge < -0.3 is 9.42 Å². The number of amides is 1. The number of aryl methyl sites for hydroxylation is 1. The number of carbonyl (C=O) groups excluding carboxylic acids is 1. The van der Waals surface area contributed by atoms with Crippen LogP contribution in [0.15, 0.2) is 53.1 Å². The van der Waals surface area contributed by atoms with Gasteiger partial charge >= 0.3 is 0 Å². The molecule has 2 atom stereocenters. The zero-order valence-corrected chi connectivity index (χ0v) is 17.5. The lowest BCUT2D eigenvalue weighted by Gasteiger charge is -2.32. The number of nitrogens with zero attached hydrogens (tertiary/aromatic N) is 3. The Labute approximate surface area is 181 Å². The summed E-state index contributed by atoms with van der Waals surface area (Å²) in [5, 5.41) is 4.81. The van der Waals surface area contributed by atoms with Crippen molar-refractivity contribution >= 4 is 17.5 Å². The van der Waals surface area contributed by atoms with Gasteiger partial charge in [0.25, 0.3) is 0 Å². The number of piperidine rings is 1. The van der Waals surface area contributed by atoms with Gasteiger partial charge in [-0.05, 0) is 67.0 Å². The van der Waals surface area contributed by atoms with Crippen LogP contribution in [-0.2, 0) is 11.2 Å². The summed E-state index contributed by atoms with van der Waals surface area (Å²) in [6.07, 6.45) is 4.64. The minimum absolute atomic E-state index is 0.0899. The molecule has 2 aliphatic rings. The van der Waals surface area contributed by atoms with E-state index < -0.39 is 0 Å². The fraction of sp³-hybridized carbons (Fsp3) is 0.375. The number of fused-ring (bicyclic) bond motifs is 1. The average molecular weight is 422 g/mol. The van der Waals surface area contributed by atoms with Crippen LogP contribution in [0.2, 0.25) is 5.02 Å². The molecule has 0 spiro atoms. The number of likely N-dealkylation sites (tertiary alicyclic amines) is 1. The Morgan fingerprint density at radius 2 is 1.97 bits per heavy atom.